The monoisotopic (exact) mass is 613 g/mol. The lowest BCUT2D eigenvalue weighted by atomic mass is 10.0. The van der Waals surface area contributed by atoms with Crippen LogP contribution in [0.25, 0.3) is 17.2 Å². The number of nitrogens with one attached hydrogen (secondary N) is 3. The molecular formula is C37H31N3O4S. The van der Waals surface area contributed by atoms with Crippen LogP contribution >= 0.6 is 11.8 Å². The molecule has 0 bridgehead atoms. The van der Waals surface area contributed by atoms with Crippen molar-refractivity contribution in [2.24, 2.45) is 0 Å². The molecule has 0 aliphatic heterocycles. The van der Waals surface area contributed by atoms with E-state index in [0.29, 0.717) is 22.7 Å². The molecule has 0 aliphatic rings. The molecule has 3 amide bonds. The summed E-state index contributed by atoms with van der Waals surface area (Å²) in [6, 6.07) is 40.8. The molecule has 0 saturated carbocycles. The summed E-state index contributed by atoms with van der Waals surface area (Å²) in [6.07, 6.45) is 1.65. The second kappa shape index (κ2) is 15.2. The van der Waals surface area contributed by atoms with Crippen LogP contribution in [0.3, 0.4) is 0 Å². The average molecular weight is 614 g/mol. The molecule has 7 nitrogen and oxygen atoms in total. The second-order valence-electron chi connectivity index (χ2n) is 9.91. The third kappa shape index (κ3) is 8.95. The van der Waals surface area contributed by atoms with Crippen molar-refractivity contribution in [1.82, 2.24) is 5.32 Å². The fraction of sp³-hybridized carbons (Fsp3) is 0.0541. The van der Waals surface area contributed by atoms with Gasteiger partial charge in [0.25, 0.3) is 11.8 Å². The molecular weight excluding hydrogens is 582 g/mol. The van der Waals surface area contributed by atoms with Crippen molar-refractivity contribution < 1.29 is 19.1 Å². The van der Waals surface area contributed by atoms with Gasteiger partial charge in [0.1, 0.15) is 11.4 Å². The first kappa shape index (κ1) is 30.8. The van der Waals surface area contributed by atoms with Crippen LogP contribution in [-0.4, -0.2) is 30.6 Å². The van der Waals surface area contributed by atoms with Crippen LogP contribution in [0.4, 0.5) is 11.4 Å². The summed E-state index contributed by atoms with van der Waals surface area (Å²) >= 11 is 1.37. The van der Waals surface area contributed by atoms with Crippen molar-refractivity contribution in [3.05, 3.63) is 150 Å². The molecule has 5 aromatic carbocycles. The zero-order valence-electron chi connectivity index (χ0n) is 24.5. The van der Waals surface area contributed by atoms with Crippen molar-refractivity contribution in [3.63, 3.8) is 0 Å². The van der Waals surface area contributed by atoms with Gasteiger partial charge in [-0.2, -0.15) is 0 Å². The van der Waals surface area contributed by atoms with E-state index in [-0.39, 0.29) is 17.4 Å². The number of rotatable bonds is 11. The third-order valence-electron chi connectivity index (χ3n) is 6.69. The van der Waals surface area contributed by atoms with E-state index in [1.165, 1.54) is 11.8 Å². The van der Waals surface area contributed by atoms with E-state index in [0.717, 1.165) is 21.6 Å². The summed E-state index contributed by atoms with van der Waals surface area (Å²) in [7, 11) is 1.57. The van der Waals surface area contributed by atoms with E-state index in [1.54, 1.807) is 61.7 Å². The van der Waals surface area contributed by atoms with E-state index >= 15 is 0 Å². The van der Waals surface area contributed by atoms with Crippen molar-refractivity contribution in [2.45, 2.75) is 4.90 Å². The molecule has 0 aromatic heterocycles. The highest BCUT2D eigenvalue weighted by Crippen LogP contribution is 2.23. The first-order chi connectivity index (χ1) is 22.0. The topological polar surface area (TPSA) is 96.5 Å². The van der Waals surface area contributed by atoms with E-state index < -0.39 is 11.8 Å². The Labute approximate surface area is 266 Å². The Morgan fingerprint density at radius 1 is 0.689 bits per heavy atom. The normalized spacial score (nSPS) is 10.9. The van der Waals surface area contributed by atoms with E-state index in [4.69, 9.17) is 4.74 Å². The number of hydrogen-bond donors (Lipinski definition) is 3. The van der Waals surface area contributed by atoms with E-state index in [2.05, 4.69) is 16.0 Å². The van der Waals surface area contributed by atoms with Crippen LogP contribution in [-0.2, 0) is 9.59 Å². The molecule has 0 spiro atoms. The minimum atomic E-state index is -0.468. The van der Waals surface area contributed by atoms with Crippen LogP contribution in [0.1, 0.15) is 15.9 Å². The molecule has 0 unspecified atom stereocenters. The van der Waals surface area contributed by atoms with Crippen molar-refractivity contribution in [3.8, 4) is 16.9 Å². The van der Waals surface area contributed by atoms with Gasteiger partial charge in [-0.15, -0.1) is 11.8 Å². The fourth-order valence-electron chi connectivity index (χ4n) is 4.39. The number of carbonyl (C=O) groups is 3. The molecule has 8 heteroatoms. The third-order valence-corrected chi connectivity index (χ3v) is 7.71. The predicted octanol–water partition coefficient (Wildman–Crippen LogP) is 7.50. The zero-order chi connectivity index (χ0) is 31.4. The Balaban J connectivity index is 1.25. The highest BCUT2D eigenvalue weighted by atomic mass is 32.2. The minimum absolute atomic E-state index is 0.101. The van der Waals surface area contributed by atoms with Crippen LogP contribution < -0.4 is 20.7 Å². The van der Waals surface area contributed by atoms with Crippen molar-refractivity contribution >= 4 is 46.9 Å². The van der Waals surface area contributed by atoms with Crippen LogP contribution in [0.15, 0.2) is 144 Å². The van der Waals surface area contributed by atoms with Crippen LogP contribution in [0.2, 0.25) is 0 Å². The molecule has 0 heterocycles. The first-order valence-electron chi connectivity index (χ1n) is 14.2. The van der Waals surface area contributed by atoms with Gasteiger partial charge in [0.05, 0.1) is 12.9 Å². The number of benzene rings is 5. The summed E-state index contributed by atoms with van der Waals surface area (Å²) in [5, 5.41) is 8.50. The van der Waals surface area contributed by atoms with Crippen molar-refractivity contribution in [1.29, 1.82) is 0 Å². The maximum Gasteiger partial charge on any atom is 0.272 e. The second-order valence-corrected chi connectivity index (χ2v) is 11.0. The van der Waals surface area contributed by atoms with Gasteiger partial charge in [-0.25, -0.2) is 0 Å². The first-order valence-corrected chi connectivity index (χ1v) is 15.2. The summed E-state index contributed by atoms with van der Waals surface area (Å²) in [4.78, 5) is 39.7. The number of amides is 3. The van der Waals surface area contributed by atoms with Gasteiger partial charge < -0.3 is 20.7 Å². The van der Waals surface area contributed by atoms with Crippen molar-refractivity contribution in [2.75, 3.05) is 23.5 Å². The molecule has 0 saturated heterocycles. The molecule has 0 aliphatic carbocycles. The summed E-state index contributed by atoms with van der Waals surface area (Å²) in [5.74, 6) is -0.130. The number of methoxy groups -OCH3 is 1. The van der Waals surface area contributed by atoms with Gasteiger partial charge in [-0.05, 0) is 71.3 Å². The van der Waals surface area contributed by atoms with Gasteiger partial charge in [0, 0.05) is 27.9 Å². The summed E-state index contributed by atoms with van der Waals surface area (Å²) < 4.78 is 5.20. The fourth-order valence-corrected chi connectivity index (χ4v) is 5.09. The number of anilines is 2. The van der Waals surface area contributed by atoms with Crippen LogP contribution in [0.5, 0.6) is 5.75 Å². The zero-order valence-corrected chi connectivity index (χ0v) is 25.3. The average Bonchev–Trinajstić information content (AvgIpc) is 3.09. The predicted molar refractivity (Wildman–Crippen MR) is 181 cm³/mol. The van der Waals surface area contributed by atoms with Gasteiger partial charge in [-0.3, -0.25) is 14.4 Å². The summed E-state index contributed by atoms with van der Waals surface area (Å²) in [5.41, 5.74) is 4.63. The molecule has 5 aromatic rings. The number of hydrogen-bond acceptors (Lipinski definition) is 5. The smallest absolute Gasteiger partial charge is 0.272 e. The molecule has 5 rings (SSSR count). The molecule has 0 radical (unpaired) electrons. The molecule has 0 fully saturated rings. The van der Waals surface area contributed by atoms with Gasteiger partial charge in [-0.1, -0.05) is 78.9 Å². The van der Waals surface area contributed by atoms with Gasteiger partial charge in [0.15, 0.2) is 0 Å². The maximum atomic E-state index is 13.4. The van der Waals surface area contributed by atoms with Gasteiger partial charge >= 0.3 is 0 Å². The van der Waals surface area contributed by atoms with Gasteiger partial charge in [0.2, 0.25) is 5.91 Å². The highest BCUT2D eigenvalue weighted by molar-refractivity contribution is 8.00. The minimum Gasteiger partial charge on any atom is -0.497 e. The van der Waals surface area contributed by atoms with Crippen LogP contribution in [0, 0.1) is 0 Å². The number of carbonyl (C=O) groups excluding carboxylic acids is 3. The maximum absolute atomic E-state index is 13.4. The lowest BCUT2D eigenvalue weighted by molar-refractivity contribution is -0.114. The van der Waals surface area contributed by atoms with E-state index in [9.17, 15) is 14.4 Å². The Bertz CT molecular complexity index is 1790. The molecule has 45 heavy (non-hydrogen) atoms. The molecule has 0 atom stereocenters. The largest absolute Gasteiger partial charge is 0.497 e. The highest BCUT2D eigenvalue weighted by Gasteiger charge is 2.15. The number of ether oxygens (including phenoxy) is 1. The summed E-state index contributed by atoms with van der Waals surface area (Å²) in [6.45, 7) is 0. The quantitative estimate of drug-likeness (QED) is 0.106. The standard InChI is InChI=1S/C37H31N3O4S/c1-44-32-14-8-13-31(24-32)38-35(41)25-45-33-21-19-30(20-22-33)39-37(43)34(40-36(42)29-11-6-3-7-12-29)23-26-15-17-28(18-16-26)27-9-4-2-5-10-27/h2-24H,25H2,1H3,(H,38,41)(H,39,43)(H,40,42)/b34-23-. The van der Waals surface area contributed by atoms with E-state index in [1.807, 2.05) is 84.9 Å². The SMILES string of the molecule is COc1cccc(NC(=O)CSc2ccc(NC(=O)/C(=C/c3ccc(-c4ccccc4)cc3)NC(=O)c3ccccc3)cc2)c1. The lowest BCUT2D eigenvalue weighted by Gasteiger charge is -2.12. The Hall–Kier alpha value is -5.60. The lowest BCUT2D eigenvalue weighted by Crippen LogP contribution is -2.30. The number of thioether (sulfide) groups is 1. The molecule has 3 N–H and O–H groups in total. The molecule has 224 valence electrons. The Morgan fingerprint density at radius 2 is 1.36 bits per heavy atom. The Kier molecular flexibility index (Phi) is 10.4. The Morgan fingerprint density at radius 3 is 2.04 bits per heavy atom.